The summed E-state index contributed by atoms with van der Waals surface area (Å²) >= 11 is 1.55. The van der Waals surface area contributed by atoms with Crippen molar-refractivity contribution in [3.63, 3.8) is 0 Å². The first-order chi connectivity index (χ1) is 16.6. The maximum Gasteiger partial charge on any atom is 0.335 e. The van der Waals surface area contributed by atoms with Crippen molar-refractivity contribution < 1.29 is 23.5 Å². The minimum Gasteiger partial charge on any atom is -0.478 e. The van der Waals surface area contributed by atoms with E-state index < -0.39 is 5.97 Å². The van der Waals surface area contributed by atoms with Crippen LogP contribution in [0.2, 0.25) is 0 Å². The molecule has 3 aromatic heterocycles. The number of rotatable bonds is 7. The van der Waals surface area contributed by atoms with Crippen LogP contribution in [-0.4, -0.2) is 23.2 Å². The monoisotopic (exact) mass is 474 g/mol. The van der Waals surface area contributed by atoms with E-state index in [2.05, 4.69) is 10.3 Å². The van der Waals surface area contributed by atoms with Gasteiger partial charge in [-0.05, 0) is 67.6 Å². The van der Waals surface area contributed by atoms with Crippen LogP contribution in [-0.2, 0) is 19.4 Å². The van der Waals surface area contributed by atoms with Crippen LogP contribution in [0.1, 0.15) is 55.5 Å². The molecule has 0 unspecified atom stereocenters. The molecular weight excluding hydrogens is 452 g/mol. The van der Waals surface area contributed by atoms with Crippen LogP contribution < -0.4 is 5.32 Å². The van der Waals surface area contributed by atoms with E-state index in [4.69, 9.17) is 8.83 Å². The number of hydrogen-bond acceptors (Lipinski definition) is 6. The Balaban J connectivity index is 1.39. The molecule has 0 bridgehead atoms. The van der Waals surface area contributed by atoms with Gasteiger partial charge in [0.05, 0.1) is 30.1 Å². The summed E-state index contributed by atoms with van der Waals surface area (Å²) in [6, 6.07) is 13.7. The summed E-state index contributed by atoms with van der Waals surface area (Å²) in [4.78, 5) is 30.2. The van der Waals surface area contributed by atoms with Gasteiger partial charge in [0.25, 0.3) is 5.91 Å². The van der Waals surface area contributed by atoms with Crippen molar-refractivity contribution in [1.29, 1.82) is 0 Å². The number of carboxylic acid groups (broad SMARTS) is 1. The number of fused-ring (bicyclic) bond motifs is 1. The Hall–Kier alpha value is -3.91. The first-order valence-electron chi connectivity index (χ1n) is 11.0. The number of nitrogens with zero attached hydrogens (tertiary/aromatic N) is 1. The van der Waals surface area contributed by atoms with Gasteiger partial charge in [-0.1, -0.05) is 12.1 Å². The Morgan fingerprint density at radius 1 is 1.12 bits per heavy atom. The van der Waals surface area contributed by atoms with Gasteiger partial charge in [0.15, 0.2) is 0 Å². The van der Waals surface area contributed by atoms with Crippen LogP contribution in [0.15, 0.2) is 68.6 Å². The number of furan rings is 2. The number of aromatic carboxylic acids is 1. The average molecular weight is 475 g/mol. The zero-order valence-electron chi connectivity index (χ0n) is 18.2. The molecule has 0 spiro atoms. The van der Waals surface area contributed by atoms with Crippen molar-refractivity contribution in [2.24, 2.45) is 4.99 Å². The Morgan fingerprint density at radius 2 is 2.00 bits per heavy atom. The average Bonchev–Trinajstić information content (AvgIpc) is 3.61. The lowest BCUT2D eigenvalue weighted by Crippen LogP contribution is -2.23. The molecule has 2 N–H and O–H groups in total. The molecule has 1 amide bonds. The lowest BCUT2D eigenvalue weighted by Gasteiger charge is -2.12. The summed E-state index contributed by atoms with van der Waals surface area (Å²) in [5, 5.41) is 12.8. The molecule has 1 aliphatic rings. The molecule has 0 saturated carbocycles. The predicted octanol–water partition coefficient (Wildman–Crippen LogP) is 5.86. The second-order valence-electron chi connectivity index (χ2n) is 8.00. The third kappa shape index (κ3) is 4.58. The number of thiophene rings is 1. The van der Waals surface area contributed by atoms with Crippen molar-refractivity contribution in [3.8, 4) is 11.3 Å². The van der Waals surface area contributed by atoms with Crippen LogP contribution in [0.5, 0.6) is 0 Å². The summed E-state index contributed by atoms with van der Waals surface area (Å²) in [6.45, 7) is 0.316. The molecule has 3 heterocycles. The van der Waals surface area contributed by atoms with E-state index in [-0.39, 0.29) is 11.5 Å². The van der Waals surface area contributed by atoms with E-state index in [9.17, 15) is 14.7 Å². The second-order valence-corrected chi connectivity index (χ2v) is 9.08. The Labute approximate surface area is 199 Å². The fraction of sp³-hybridized carbons (Fsp3) is 0.192. The molecule has 7 nitrogen and oxygen atoms in total. The number of nitrogens with one attached hydrogen (secondary N) is 1. The van der Waals surface area contributed by atoms with Crippen LogP contribution in [0.25, 0.3) is 11.3 Å². The number of carbonyl (C=O) groups excluding carboxylic acids is 1. The molecule has 172 valence electrons. The summed E-state index contributed by atoms with van der Waals surface area (Å²) in [5.74, 6) is 0.608. The van der Waals surface area contributed by atoms with Gasteiger partial charge >= 0.3 is 5.97 Å². The number of amides is 1. The first kappa shape index (κ1) is 21.9. The first-order valence-corrected chi connectivity index (χ1v) is 11.8. The lowest BCUT2D eigenvalue weighted by atomic mass is 9.95. The van der Waals surface area contributed by atoms with Gasteiger partial charge in [0.1, 0.15) is 22.3 Å². The number of benzene rings is 1. The van der Waals surface area contributed by atoms with Crippen LogP contribution in [0.4, 0.5) is 5.00 Å². The number of carboxylic acids is 1. The third-order valence-electron chi connectivity index (χ3n) is 5.71. The maximum atomic E-state index is 13.1. The Bertz CT molecular complexity index is 1360. The van der Waals surface area contributed by atoms with Crippen molar-refractivity contribution in [3.05, 3.63) is 87.9 Å². The molecule has 0 fully saturated rings. The van der Waals surface area contributed by atoms with E-state index in [0.717, 1.165) is 31.2 Å². The zero-order valence-corrected chi connectivity index (χ0v) is 19.1. The zero-order chi connectivity index (χ0) is 23.5. The fourth-order valence-corrected chi connectivity index (χ4v) is 5.28. The van der Waals surface area contributed by atoms with Gasteiger partial charge in [-0.3, -0.25) is 4.79 Å². The summed E-state index contributed by atoms with van der Waals surface area (Å²) in [7, 11) is 0. The van der Waals surface area contributed by atoms with Gasteiger partial charge in [-0.15, -0.1) is 11.3 Å². The highest BCUT2D eigenvalue weighted by atomic mass is 32.1. The Morgan fingerprint density at radius 3 is 2.82 bits per heavy atom. The van der Waals surface area contributed by atoms with E-state index in [0.29, 0.717) is 40.0 Å². The molecule has 0 radical (unpaired) electrons. The summed E-state index contributed by atoms with van der Waals surface area (Å²) in [5.41, 5.74) is 2.58. The molecule has 0 aliphatic heterocycles. The standard InChI is InChI=1S/C26H22N2O5S/c29-24(27-14-18-7-4-12-32-18)23-20-8-1-2-9-22(20)34-25(23)28-15-19-10-11-21(33-19)16-5-3-6-17(13-16)26(30)31/h3-7,10-13,15H,1-2,8-9,14H2,(H,27,29)(H,30,31)/b28-15-. The van der Waals surface area contributed by atoms with Gasteiger partial charge in [0, 0.05) is 10.4 Å². The molecule has 1 aliphatic carbocycles. The molecule has 8 heteroatoms. The minimum absolute atomic E-state index is 0.159. The molecule has 0 saturated heterocycles. The fourth-order valence-electron chi connectivity index (χ4n) is 4.05. The van der Waals surface area contributed by atoms with Crippen molar-refractivity contribution >= 4 is 34.4 Å². The van der Waals surface area contributed by atoms with Gasteiger partial charge in [-0.25, -0.2) is 9.79 Å². The number of aryl methyl sites for hydroxylation is 1. The highest BCUT2D eigenvalue weighted by Gasteiger charge is 2.25. The van der Waals surface area contributed by atoms with E-state index >= 15 is 0 Å². The van der Waals surface area contributed by atoms with Gasteiger partial charge < -0.3 is 19.3 Å². The van der Waals surface area contributed by atoms with Gasteiger partial charge in [0.2, 0.25) is 0 Å². The number of aliphatic imine (C=N–C) groups is 1. The van der Waals surface area contributed by atoms with Crippen molar-refractivity contribution in [1.82, 2.24) is 5.32 Å². The van der Waals surface area contributed by atoms with Crippen molar-refractivity contribution in [2.75, 3.05) is 0 Å². The van der Waals surface area contributed by atoms with Gasteiger partial charge in [-0.2, -0.15) is 0 Å². The molecule has 1 aromatic carbocycles. The number of hydrogen-bond donors (Lipinski definition) is 2. The molecule has 34 heavy (non-hydrogen) atoms. The minimum atomic E-state index is -0.991. The van der Waals surface area contributed by atoms with Crippen LogP contribution >= 0.6 is 11.3 Å². The topological polar surface area (TPSA) is 105 Å². The van der Waals surface area contributed by atoms with E-state index in [1.165, 1.54) is 10.9 Å². The molecule has 4 aromatic rings. The highest BCUT2D eigenvalue weighted by Crippen LogP contribution is 2.40. The van der Waals surface area contributed by atoms with Crippen LogP contribution in [0.3, 0.4) is 0 Å². The molecular formula is C26H22N2O5S. The normalized spacial score (nSPS) is 13.2. The Kier molecular flexibility index (Phi) is 6.14. The van der Waals surface area contributed by atoms with E-state index in [1.54, 1.807) is 60.2 Å². The second kappa shape index (κ2) is 9.52. The molecule has 0 atom stereocenters. The smallest absolute Gasteiger partial charge is 0.335 e. The quantitative estimate of drug-likeness (QED) is 0.327. The van der Waals surface area contributed by atoms with Crippen LogP contribution in [0, 0.1) is 0 Å². The highest BCUT2D eigenvalue weighted by molar-refractivity contribution is 7.16. The third-order valence-corrected chi connectivity index (χ3v) is 6.91. The predicted molar refractivity (Wildman–Crippen MR) is 129 cm³/mol. The lowest BCUT2D eigenvalue weighted by molar-refractivity contribution is 0.0696. The maximum absolute atomic E-state index is 13.1. The van der Waals surface area contributed by atoms with E-state index in [1.807, 2.05) is 6.07 Å². The largest absolute Gasteiger partial charge is 0.478 e. The molecule has 5 rings (SSSR count). The summed E-state index contributed by atoms with van der Waals surface area (Å²) < 4.78 is 11.2. The van der Waals surface area contributed by atoms with Crippen molar-refractivity contribution in [2.45, 2.75) is 32.2 Å². The number of carbonyl (C=O) groups is 2. The summed E-state index contributed by atoms with van der Waals surface area (Å²) in [6.07, 6.45) is 7.18. The SMILES string of the molecule is O=C(O)c1cccc(-c2ccc(/C=N\c3sc4c(c3C(=O)NCc3ccco3)CCCC4)o2)c1.